The Morgan fingerprint density at radius 3 is 2.32 bits per heavy atom. The summed E-state index contributed by atoms with van der Waals surface area (Å²) in [6.07, 6.45) is 3.82. The summed E-state index contributed by atoms with van der Waals surface area (Å²) in [5.41, 5.74) is 8.47. The number of nitrogen functional groups attached to an aromatic ring is 1. The minimum atomic E-state index is -0.298. The first-order valence-electron chi connectivity index (χ1n) is 7.26. The Hall–Kier alpha value is -2.62. The van der Waals surface area contributed by atoms with E-state index >= 15 is 0 Å². The average molecular weight is 296 g/mol. The highest BCUT2D eigenvalue weighted by molar-refractivity contribution is 6.24. The number of halogens is 1. The third kappa shape index (κ3) is 3.52. The molecule has 2 aromatic rings. The quantitative estimate of drug-likeness (QED) is 0.517. The van der Waals surface area contributed by atoms with E-state index in [1.165, 1.54) is 12.1 Å². The molecule has 0 radical (unpaired) electrons. The van der Waals surface area contributed by atoms with Gasteiger partial charge in [0, 0.05) is 17.3 Å². The smallest absolute Gasteiger partial charge is 0.252 e. The molecule has 4 heteroatoms. The van der Waals surface area contributed by atoms with Gasteiger partial charge in [0.15, 0.2) is 0 Å². The van der Waals surface area contributed by atoms with Gasteiger partial charge in [-0.2, -0.15) is 0 Å². The van der Waals surface area contributed by atoms with Crippen molar-refractivity contribution in [2.75, 3.05) is 5.73 Å². The molecule has 0 aromatic heterocycles. The number of amides is 1. The molecule has 0 aliphatic heterocycles. The largest absolute Gasteiger partial charge is 0.399 e. The van der Waals surface area contributed by atoms with Crippen LogP contribution >= 0.6 is 0 Å². The van der Waals surface area contributed by atoms with Gasteiger partial charge in [-0.25, -0.2) is 4.39 Å². The van der Waals surface area contributed by atoms with Crippen LogP contribution in [-0.4, -0.2) is 11.9 Å². The van der Waals surface area contributed by atoms with Gasteiger partial charge in [-0.05, 0) is 54.3 Å². The van der Waals surface area contributed by atoms with Crippen molar-refractivity contribution >= 4 is 23.2 Å². The van der Waals surface area contributed by atoms with Crippen molar-refractivity contribution in [3.63, 3.8) is 0 Å². The summed E-state index contributed by atoms with van der Waals surface area (Å²) < 4.78 is 13.0. The summed E-state index contributed by atoms with van der Waals surface area (Å²) in [5, 5.41) is 2.99. The highest BCUT2D eigenvalue weighted by Gasteiger charge is 2.25. The number of carbonyl (C=O) groups excluding carboxylic acids is 1. The van der Waals surface area contributed by atoms with Crippen LogP contribution in [-0.2, 0) is 4.79 Å². The Balaban J connectivity index is 1.95. The summed E-state index contributed by atoms with van der Waals surface area (Å²) in [7, 11) is 0. The van der Waals surface area contributed by atoms with Gasteiger partial charge in [0.25, 0.3) is 5.91 Å². The first-order valence-corrected chi connectivity index (χ1v) is 7.26. The van der Waals surface area contributed by atoms with Crippen molar-refractivity contribution in [3.05, 3.63) is 65.5 Å². The molecule has 2 aromatic carbocycles. The maximum absolute atomic E-state index is 13.0. The molecule has 0 heterocycles. The van der Waals surface area contributed by atoms with Gasteiger partial charge in [-0.15, -0.1) is 0 Å². The molecule has 0 atom stereocenters. The van der Waals surface area contributed by atoms with Gasteiger partial charge in [0.05, 0.1) is 0 Å². The second-order valence-corrected chi connectivity index (χ2v) is 5.48. The molecule has 22 heavy (non-hydrogen) atoms. The molecule has 0 unspecified atom stereocenters. The molecule has 1 saturated carbocycles. The minimum absolute atomic E-state index is 0.114. The molecule has 3 nitrogen and oxygen atoms in total. The van der Waals surface area contributed by atoms with E-state index in [2.05, 4.69) is 5.32 Å². The maximum atomic E-state index is 13.0. The van der Waals surface area contributed by atoms with Crippen LogP contribution in [0.1, 0.15) is 24.0 Å². The van der Waals surface area contributed by atoms with Gasteiger partial charge >= 0.3 is 0 Å². The van der Waals surface area contributed by atoms with Crippen LogP contribution in [0, 0.1) is 5.82 Å². The Bertz CT molecular complexity index is 701. The standard InChI is InChI=1S/C18H17FN2O/c19-14-5-1-12(2-6-14)11-17(18(22)21-16-9-10-16)13-3-7-15(20)8-4-13/h1-8,11,16H,9-10,20H2,(H,21,22). The third-order valence-electron chi connectivity index (χ3n) is 3.56. The second-order valence-electron chi connectivity index (χ2n) is 5.48. The van der Waals surface area contributed by atoms with Crippen molar-refractivity contribution < 1.29 is 9.18 Å². The topological polar surface area (TPSA) is 55.1 Å². The van der Waals surface area contributed by atoms with Crippen molar-refractivity contribution in [2.45, 2.75) is 18.9 Å². The number of benzene rings is 2. The molecule has 3 rings (SSSR count). The molecule has 0 saturated heterocycles. The number of hydrogen-bond acceptors (Lipinski definition) is 2. The predicted octanol–water partition coefficient (Wildman–Crippen LogP) is 3.23. The van der Waals surface area contributed by atoms with Gasteiger partial charge in [0.1, 0.15) is 5.82 Å². The first kappa shape index (κ1) is 14.3. The molecular weight excluding hydrogens is 279 g/mol. The second kappa shape index (κ2) is 6.02. The molecule has 3 N–H and O–H groups in total. The van der Waals surface area contributed by atoms with Gasteiger partial charge in [0.2, 0.25) is 0 Å². The lowest BCUT2D eigenvalue weighted by Gasteiger charge is -2.09. The van der Waals surface area contributed by atoms with Crippen LogP contribution in [0.4, 0.5) is 10.1 Å². The zero-order valence-corrected chi connectivity index (χ0v) is 12.1. The van der Waals surface area contributed by atoms with Crippen LogP contribution in [0.25, 0.3) is 11.6 Å². The highest BCUT2D eigenvalue weighted by Crippen LogP contribution is 2.24. The van der Waals surface area contributed by atoms with Crippen LogP contribution in [0.15, 0.2) is 48.5 Å². The first-order chi connectivity index (χ1) is 10.6. The van der Waals surface area contributed by atoms with Crippen molar-refractivity contribution in [2.24, 2.45) is 0 Å². The fraction of sp³-hybridized carbons (Fsp3) is 0.167. The lowest BCUT2D eigenvalue weighted by atomic mass is 10.0. The molecule has 1 fully saturated rings. The fourth-order valence-electron chi connectivity index (χ4n) is 2.16. The molecular formula is C18H17FN2O. The van der Waals surface area contributed by atoms with E-state index in [1.807, 2.05) is 12.1 Å². The number of rotatable bonds is 4. The third-order valence-corrected chi connectivity index (χ3v) is 3.56. The van der Waals surface area contributed by atoms with E-state index in [-0.39, 0.29) is 17.8 Å². The Morgan fingerprint density at radius 2 is 1.73 bits per heavy atom. The van der Waals surface area contributed by atoms with Crippen molar-refractivity contribution in [1.29, 1.82) is 0 Å². The number of hydrogen-bond donors (Lipinski definition) is 2. The number of anilines is 1. The minimum Gasteiger partial charge on any atom is -0.399 e. The molecule has 1 amide bonds. The van der Waals surface area contributed by atoms with Gasteiger partial charge in [-0.1, -0.05) is 24.3 Å². The predicted molar refractivity (Wildman–Crippen MR) is 86.3 cm³/mol. The maximum Gasteiger partial charge on any atom is 0.252 e. The highest BCUT2D eigenvalue weighted by atomic mass is 19.1. The number of nitrogens with two attached hydrogens (primary N) is 1. The molecule has 112 valence electrons. The van der Waals surface area contributed by atoms with E-state index in [0.29, 0.717) is 11.3 Å². The summed E-state index contributed by atoms with van der Waals surface area (Å²) >= 11 is 0. The molecule has 1 aliphatic carbocycles. The lowest BCUT2D eigenvalue weighted by molar-refractivity contribution is -0.115. The lowest BCUT2D eigenvalue weighted by Crippen LogP contribution is -2.26. The van der Waals surface area contributed by atoms with Crippen LogP contribution in [0.2, 0.25) is 0 Å². The molecule has 0 spiro atoms. The Morgan fingerprint density at radius 1 is 1.09 bits per heavy atom. The van der Waals surface area contributed by atoms with Crippen molar-refractivity contribution in [3.8, 4) is 0 Å². The van der Waals surface area contributed by atoms with E-state index in [1.54, 1.807) is 30.3 Å². The van der Waals surface area contributed by atoms with Crippen LogP contribution in [0.3, 0.4) is 0 Å². The zero-order chi connectivity index (χ0) is 15.5. The SMILES string of the molecule is Nc1ccc(C(=Cc2ccc(F)cc2)C(=O)NC2CC2)cc1. The normalized spacial score (nSPS) is 14.7. The van der Waals surface area contributed by atoms with Crippen LogP contribution < -0.4 is 11.1 Å². The molecule has 0 bridgehead atoms. The van der Waals surface area contributed by atoms with E-state index in [0.717, 1.165) is 24.0 Å². The van der Waals surface area contributed by atoms with E-state index < -0.39 is 0 Å². The van der Waals surface area contributed by atoms with Gasteiger partial charge < -0.3 is 11.1 Å². The summed E-state index contributed by atoms with van der Waals surface area (Å²) in [4.78, 5) is 12.5. The zero-order valence-electron chi connectivity index (χ0n) is 12.1. The fourth-order valence-corrected chi connectivity index (χ4v) is 2.16. The van der Waals surface area contributed by atoms with Gasteiger partial charge in [-0.3, -0.25) is 4.79 Å². The Labute approximate surface area is 128 Å². The number of carbonyl (C=O) groups is 1. The summed E-state index contributed by atoms with van der Waals surface area (Å²) in [6, 6.07) is 13.5. The van der Waals surface area contributed by atoms with E-state index in [4.69, 9.17) is 5.73 Å². The average Bonchev–Trinajstić information content (AvgIpc) is 3.31. The number of nitrogens with one attached hydrogen (secondary N) is 1. The van der Waals surface area contributed by atoms with E-state index in [9.17, 15) is 9.18 Å². The summed E-state index contributed by atoms with van der Waals surface area (Å²) in [5.74, 6) is -0.412. The van der Waals surface area contributed by atoms with Crippen molar-refractivity contribution in [1.82, 2.24) is 5.32 Å². The molecule has 1 aliphatic rings. The summed E-state index contributed by atoms with van der Waals surface area (Å²) in [6.45, 7) is 0. The monoisotopic (exact) mass is 296 g/mol. The Kier molecular flexibility index (Phi) is 3.92. The van der Waals surface area contributed by atoms with Crippen LogP contribution in [0.5, 0.6) is 0 Å².